The maximum atomic E-state index is 12.2. The molecule has 0 saturated heterocycles. The Balaban J connectivity index is 2.26. The van der Waals surface area contributed by atoms with Gasteiger partial charge in [-0.1, -0.05) is 18.2 Å². The lowest BCUT2D eigenvalue weighted by molar-refractivity contribution is -0.127. The molecule has 3 heteroatoms. The average molecular weight is 232 g/mol. The Morgan fingerprint density at radius 2 is 1.88 bits per heavy atom. The summed E-state index contributed by atoms with van der Waals surface area (Å²) >= 11 is 0. The Morgan fingerprint density at radius 3 is 2.35 bits per heavy atom. The summed E-state index contributed by atoms with van der Waals surface area (Å²) in [6.45, 7) is 4.19. The standard InChI is InChI=1S/C14H20N2O/c1-10-5-6-12(9-11(10)2)14(7-8-14)13(17)15-16(3)4/h5-6,9H,7-8H2,1-4H3,(H,15,17). The van der Waals surface area contributed by atoms with Crippen LogP contribution in [0.25, 0.3) is 0 Å². The fraction of sp³-hybridized carbons (Fsp3) is 0.500. The van der Waals surface area contributed by atoms with Gasteiger partial charge in [0.15, 0.2) is 0 Å². The highest BCUT2D eigenvalue weighted by Crippen LogP contribution is 2.48. The zero-order valence-corrected chi connectivity index (χ0v) is 11.0. The van der Waals surface area contributed by atoms with Crippen molar-refractivity contribution in [2.75, 3.05) is 14.1 Å². The van der Waals surface area contributed by atoms with E-state index in [1.165, 1.54) is 11.1 Å². The molecule has 17 heavy (non-hydrogen) atoms. The summed E-state index contributed by atoms with van der Waals surface area (Å²) in [5.41, 5.74) is 6.28. The van der Waals surface area contributed by atoms with Crippen LogP contribution in [0.2, 0.25) is 0 Å². The van der Waals surface area contributed by atoms with Gasteiger partial charge in [-0.05, 0) is 43.4 Å². The molecule has 1 aromatic rings. The largest absolute Gasteiger partial charge is 0.289 e. The van der Waals surface area contributed by atoms with E-state index in [2.05, 4.69) is 37.5 Å². The molecule has 1 N–H and O–H groups in total. The lowest BCUT2D eigenvalue weighted by Gasteiger charge is -2.20. The molecule has 0 aromatic heterocycles. The Morgan fingerprint density at radius 1 is 1.24 bits per heavy atom. The van der Waals surface area contributed by atoms with Crippen molar-refractivity contribution in [3.8, 4) is 0 Å². The van der Waals surface area contributed by atoms with Crippen molar-refractivity contribution in [2.24, 2.45) is 0 Å². The van der Waals surface area contributed by atoms with Crippen LogP contribution < -0.4 is 5.43 Å². The van der Waals surface area contributed by atoms with Gasteiger partial charge in [0.1, 0.15) is 0 Å². The van der Waals surface area contributed by atoms with Gasteiger partial charge in [0.2, 0.25) is 5.91 Å². The summed E-state index contributed by atoms with van der Waals surface area (Å²) in [4.78, 5) is 12.2. The van der Waals surface area contributed by atoms with Gasteiger partial charge in [0.05, 0.1) is 5.41 Å². The fourth-order valence-corrected chi connectivity index (χ4v) is 2.12. The number of carbonyl (C=O) groups is 1. The highest BCUT2D eigenvalue weighted by atomic mass is 16.2. The molecule has 3 nitrogen and oxygen atoms in total. The maximum Gasteiger partial charge on any atom is 0.244 e. The number of rotatable bonds is 3. The number of benzene rings is 1. The summed E-state index contributed by atoms with van der Waals surface area (Å²) in [6.07, 6.45) is 1.91. The summed E-state index contributed by atoms with van der Waals surface area (Å²) < 4.78 is 0. The van der Waals surface area contributed by atoms with Crippen LogP contribution in [-0.2, 0) is 10.2 Å². The molecule has 0 heterocycles. The third kappa shape index (κ3) is 2.20. The molecule has 1 aliphatic carbocycles. The number of hydrazine groups is 1. The van der Waals surface area contributed by atoms with Crippen molar-refractivity contribution in [2.45, 2.75) is 32.1 Å². The number of nitrogens with zero attached hydrogens (tertiary/aromatic N) is 1. The second-order valence-electron chi connectivity index (χ2n) is 5.22. The minimum Gasteiger partial charge on any atom is -0.289 e. The number of hydrogen-bond acceptors (Lipinski definition) is 2. The summed E-state index contributed by atoms with van der Waals surface area (Å²) in [7, 11) is 3.68. The molecule has 0 unspecified atom stereocenters. The molecule has 0 atom stereocenters. The van der Waals surface area contributed by atoms with E-state index in [-0.39, 0.29) is 11.3 Å². The normalized spacial score (nSPS) is 17.0. The second kappa shape index (κ2) is 4.15. The van der Waals surface area contributed by atoms with Gasteiger partial charge in [0, 0.05) is 14.1 Å². The number of hydrogen-bond donors (Lipinski definition) is 1. The number of aryl methyl sites for hydroxylation is 2. The van der Waals surface area contributed by atoms with Crippen LogP contribution in [0.5, 0.6) is 0 Å². The van der Waals surface area contributed by atoms with E-state index in [0.717, 1.165) is 18.4 Å². The maximum absolute atomic E-state index is 12.2. The minimum absolute atomic E-state index is 0.116. The Labute approximate surface area is 103 Å². The molecule has 0 radical (unpaired) electrons. The molecule has 1 amide bonds. The lowest BCUT2D eigenvalue weighted by atomic mass is 9.92. The van der Waals surface area contributed by atoms with Crippen molar-refractivity contribution < 1.29 is 4.79 Å². The second-order valence-corrected chi connectivity index (χ2v) is 5.22. The van der Waals surface area contributed by atoms with E-state index in [1.54, 1.807) is 5.01 Å². The Hall–Kier alpha value is -1.35. The number of nitrogens with one attached hydrogen (secondary N) is 1. The quantitative estimate of drug-likeness (QED) is 0.808. The van der Waals surface area contributed by atoms with E-state index >= 15 is 0 Å². The molecule has 1 fully saturated rings. The predicted molar refractivity (Wildman–Crippen MR) is 68.7 cm³/mol. The molecule has 0 bridgehead atoms. The van der Waals surface area contributed by atoms with Crippen LogP contribution in [0, 0.1) is 13.8 Å². The Bertz CT molecular complexity index is 448. The topological polar surface area (TPSA) is 32.3 Å². The molecule has 1 saturated carbocycles. The first-order valence-corrected chi connectivity index (χ1v) is 6.02. The van der Waals surface area contributed by atoms with Crippen molar-refractivity contribution in [1.29, 1.82) is 0 Å². The van der Waals surface area contributed by atoms with Gasteiger partial charge >= 0.3 is 0 Å². The summed E-state index contributed by atoms with van der Waals surface area (Å²) in [5.74, 6) is 0.116. The number of amides is 1. The molecule has 0 aliphatic heterocycles. The summed E-state index contributed by atoms with van der Waals surface area (Å²) in [5, 5.41) is 1.71. The SMILES string of the molecule is Cc1ccc(C2(C(=O)NN(C)C)CC2)cc1C. The van der Waals surface area contributed by atoms with Crippen molar-refractivity contribution >= 4 is 5.91 Å². The van der Waals surface area contributed by atoms with Gasteiger partial charge in [-0.15, -0.1) is 0 Å². The number of carbonyl (C=O) groups excluding carboxylic acids is 1. The molecule has 1 aromatic carbocycles. The molecule has 92 valence electrons. The predicted octanol–water partition coefficient (Wildman–Crippen LogP) is 1.93. The van der Waals surface area contributed by atoms with E-state index in [9.17, 15) is 4.79 Å². The first kappa shape index (κ1) is 12.1. The third-order valence-corrected chi connectivity index (χ3v) is 3.57. The van der Waals surface area contributed by atoms with Crippen LogP contribution >= 0.6 is 0 Å². The average Bonchev–Trinajstić information content (AvgIpc) is 3.02. The van der Waals surface area contributed by atoms with Crippen LogP contribution in [-0.4, -0.2) is 25.0 Å². The van der Waals surface area contributed by atoms with E-state index in [1.807, 2.05) is 14.1 Å². The van der Waals surface area contributed by atoms with Gasteiger partial charge < -0.3 is 0 Å². The van der Waals surface area contributed by atoms with Crippen molar-refractivity contribution in [3.63, 3.8) is 0 Å². The van der Waals surface area contributed by atoms with Gasteiger partial charge in [-0.2, -0.15) is 0 Å². The van der Waals surface area contributed by atoms with E-state index in [0.29, 0.717) is 0 Å². The first-order valence-electron chi connectivity index (χ1n) is 6.02. The fourth-order valence-electron chi connectivity index (χ4n) is 2.12. The zero-order valence-electron chi connectivity index (χ0n) is 11.0. The van der Waals surface area contributed by atoms with Crippen molar-refractivity contribution in [1.82, 2.24) is 10.4 Å². The van der Waals surface area contributed by atoms with E-state index < -0.39 is 0 Å². The van der Waals surface area contributed by atoms with Crippen LogP contribution in [0.1, 0.15) is 29.5 Å². The lowest BCUT2D eigenvalue weighted by Crippen LogP contribution is -2.42. The highest BCUT2D eigenvalue weighted by molar-refractivity contribution is 5.91. The molecule has 1 aliphatic rings. The van der Waals surface area contributed by atoms with Gasteiger partial charge in [-0.3, -0.25) is 10.2 Å². The monoisotopic (exact) mass is 232 g/mol. The third-order valence-electron chi connectivity index (χ3n) is 3.57. The Kier molecular flexibility index (Phi) is 2.96. The smallest absolute Gasteiger partial charge is 0.244 e. The van der Waals surface area contributed by atoms with E-state index in [4.69, 9.17) is 0 Å². The molecular weight excluding hydrogens is 212 g/mol. The van der Waals surface area contributed by atoms with Crippen LogP contribution in [0.15, 0.2) is 18.2 Å². The molecular formula is C14H20N2O. The highest BCUT2D eigenvalue weighted by Gasteiger charge is 2.51. The minimum atomic E-state index is -0.275. The summed E-state index contributed by atoms with van der Waals surface area (Å²) in [6, 6.07) is 6.34. The van der Waals surface area contributed by atoms with Gasteiger partial charge in [0.25, 0.3) is 0 Å². The van der Waals surface area contributed by atoms with Crippen LogP contribution in [0.4, 0.5) is 0 Å². The van der Waals surface area contributed by atoms with Crippen LogP contribution in [0.3, 0.4) is 0 Å². The molecule has 0 spiro atoms. The van der Waals surface area contributed by atoms with Gasteiger partial charge in [-0.25, -0.2) is 5.01 Å². The zero-order chi connectivity index (χ0) is 12.6. The van der Waals surface area contributed by atoms with Crippen molar-refractivity contribution in [3.05, 3.63) is 34.9 Å². The first-order chi connectivity index (χ1) is 7.95. The molecule has 2 rings (SSSR count).